The van der Waals surface area contributed by atoms with Gasteiger partial charge in [0, 0.05) is 17.1 Å². The number of benzene rings is 1. The lowest BCUT2D eigenvalue weighted by Gasteiger charge is -2.32. The molecule has 1 aliphatic rings. The van der Waals surface area contributed by atoms with E-state index in [1.54, 1.807) is 19.2 Å². The Morgan fingerprint density at radius 1 is 1.55 bits per heavy atom. The van der Waals surface area contributed by atoms with Crippen molar-refractivity contribution in [2.24, 2.45) is 0 Å². The molecule has 1 N–H and O–H groups in total. The highest BCUT2D eigenvalue weighted by molar-refractivity contribution is 7.99. The molecule has 1 fully saturated rings. The molecule has 0 radical (unpaired) electrons. The van der Waals surface area contributed by atoms with Gasteiger partial charge in [-0.2, -0.15) is 11.8 Å². The van der Waals surface area contributed by atoms with Crippen LogP contribution >= 0.6 is 11.8 Å². The molecule has 0 spiro atoms. The first kappa shape index (κ1) is 15.6. The van der Waals surface area contributed by atoms with Crippen molar-refractivity contribution >= 4 is 11.8 Å². The summed E-state index contributed by atoms with van der Waals surface area (Å²) in [5, 5.41) is 3.47. The summed E-state index contributed by atoms with van der Waals surface area (Å²) >= 11 is 1.88. The van der Waals surface area contributed by atoms with Gasteiger partial charge < -0.3 is 14.8 Å². The number of nitrogens with one attached hydrogen (secondary N) is 1. The zero-order valence-corrected chi connectivity index (χ0v) is 12.8. The Hall–Kier alpha value is -0.780. The van der Waals surface area contributed by atoms with Crippen LogP contribution in [-0.2, 0) is 4.74 Å². The van der Waals surface area contributed by atoms with Gasteiger partial charge in [0.15, 0.2) is 0 Å². The van der Waals surface area contributed by atoms with E-state index in [0.717, 1.165) is 36.6 Å². The van der Waals surface area contributed by atoms with E-state index in [4.69, 9.17) is 9.47 Å². The molecule has 0 saturated carbocycles. The van der Waals surface area contributed by atoms with Crippen molar-refractivity contribution in [3.8, 4) is 5.75 Å². The Morgan fingerprint density at radius 3 is 3.05 bits per heavy atom. The molecule has 112 valence electrons. The van der Waals surface area contributed by atoms with Gasteiger partial charge in [0.25, 0.3) is 0 Å². The Kier molecular flexibility index (Phi) is 6.13. The van der Waals surface area contributed by atoms with Crippen LogP contribution in [0.5, 0.6) is 5.75 Å². The molecular formula is C15H22FNO2S. The zero-order chi connectivity index (χ0) is 14.4. The Bertz CT molecular complexity index is 424. The van der Waals surface area contributed by atoms with E-state index < -0.39 is 0 Å². The third-order valence-electron chi connectivity index (χ3n) is 3.35. The molecule has 5 heteroatoms. The van der Waals surface area contributed by atoms with Crippen LogP contribution in [0.15, 0.2) is 18.2 Å². The zero-order valence-electron chi connectivity index (χ0n) is 12.0. The van der Waals surface area contributed by atoms with Gasteiger partial charge in [-0.05, 0) is 31.2 Å². The predicted octanol–water partition coefficient (Wildman–Crippen LogP) is 3.01. The topological polar surface area (TPSA) is 30.5 Å². The van der Waals surface area contributed by atoms with Crippen molar-refractivity contribution in [3.05, 3.63) is 29.6 Å². The Balaban J connectivity index is 2.26. The molecule has 0 amide bonds. The van der Waals surface area contributed by atoms with Gasteiger partial charge in [-0.15, -0.1) is 0 Å². The number of rotatable bonds is 6. The van der Waals surface area contributed by atoms with Crippen molar-refractivity contribution in [1.29, 1.82) is 0 Å². The van der Waals surface area contributed by atoms with Crippen LogP contribution in [0.2, 0.25) is 0 Å². The lowest BCUT2D eigenvalue weighted by atomic mass is 10.0. The van der Waals surface area contributed by atoms with Gasteiger partial charge in [0.05, 0.1) is 25.9 Å². The van der Waals surface area contributed by atoms with Gasteiger partial charge in [0.1, 0.15) is 11.6 Å². The summed E-state index contributed by atoms with van der Waals surface area (Å²) in [6.07, 6.45) is 1.07. The van der Waals surface area contributed by atoms with Gasteiger partial charge in [0.2, 0.25) is 0 Å². The molecule has 1 heterocycles. The molecule has 20 heavy (non-hydrogen) atoms. The van der Waals surface area contributed by atoms with Crippen molar-refractivity contribution < 1.29 is 13.9 Å². The number of halogens is 1. The van der Waals surface area contributed by atoms with E-state index in [1.807, 2.05) is 11.8 Å². The Labute approximate surface area is 124 Å². The lowest BCUT2D eigenvalue weighted by Crippen LogP contribution is -2.38. The third kappa shape index (κ3) is 3.87. The second kappa shape index (κ2) is 7.86. The van der Waals surface area contributed by atoms with Crippen LogP contribution in [0.3, 0.4) is 0 Å². The van der Waals surface area contributed by atoms with Crippen LogP contribution in [0.1, 0.15) is 24.9 Å². The van der Waals surface area contributed by atoms with Crippen LogP contribution in [-0.4, -0.2) is 37.9 Å². The fraction of sp³-hybridized carbons (Fsp3) is 0.600. The van der Waals surface area contributed by atoms with Crippen LogP contribution in [0.4, 0.5) is 4.39 Å². The standard InChI is InChI=1S/C15H22FNO2S/c1-3-6-17-15(14-10-20-8-7-19-14)12-9-11(16)4-5-13(12)18-2/h4-5,9,14-15,17H,3,6-8,10H2,1-2H3. The summed E-state index contributed by atoms with van der Waals surface area (Å²) in [6, 6.07) is 4.62. The molecule has 0 aromatic heterocycles. The highest BCUT2D eigenvalue weighted by Crippen LogP contribution is 2.32. The summed E-state index contributed by atoms with van der Waals surface area (Å²) in [6.45, 7) is 3.73. The number of hydrogen-bond donors (Lipinski definition) is 1. The molecule has 1 saturated heterocycles. The summed E-state index contributed by atoms with van der Waals surface area (Å²) in [5.41, 5.74) is 0.841. The van der Waals surface area contributed by atoms with E-state index in [0.29, 0.717) is 5.75 Å². The van der Waals surface area contributed by atoms with Crippen molar-refractivity contribution in [2.45, 2.75) is 25.5 Å². The molecule has 2 rings (SSSR count). The predicted molar refractivity (Wildman–Crippen MR) is 81.1 cm³/mol. The molecule has 2 unspecified atom stereocenters. The SMILES string of the molecule is CCCNC(c1cc(F)ccc1OC)C1CSCCO1. The van der Waals surface area contributed by atoms with Gasteiger partial charge in [-0.25, -0.2) is 4.39 Å². The lowest BCUT2D eigenvalue weighted by molar-refractivity contribution is 0.0461. The first-order valence-electron chi connectivity index (χ1n) is 7.02. The molecule has 2 atom stereocenters. The molecule has 0 aliphatic carbocycles. The summed E-state index contributed by atoms with van der Waals surface area (Å²) in [4.78, 5) is 0. The number of ether oxygens (including phenoxy) is 2. The molecule has 1 aliphatic heterocycles. The maximum atomic E-state index is 13.6. The Morgan fingerprint density at radius 2 is 2.40 bits per heavy atom. The molecule has 1 aromatic rings. The van der Waals surface area contributed by atoms with Gasteiger partial charge in [-0.3, -0.25) is 0 Å². The molecule has 3 nitrogen and oxygen atoms in total. The highest BCUT2D eigenvalue weighted by Gasteiger charge is 2.28. The number of hydrogen-bond acceptors (Lipinski definition) is 4. The number of methoxy groups -OCH3 is 1. The van der Waals surface area contributed by atoms with E-state index in [-0.39, 0.29) is 18.0 Å². The molecular weight excluding hydrogens is 277 g/mol. The normalized spacial score (nSPS) is 20.6. The second-order valence-corrected chi connectivity index (χ2v) is 5.95. The monoisotopic (exact) mass is 299 g/mol. The molecule has 0 bridgehead atoms. The fourth-order valence-electron chi connectivity index (χ4n) is 2.39. The van der Waals surface area contributed by atoms with E-state index >= 15 is 0 Å². The summed E-state index contributed by atoms with van der Waals surface area (Å²) < 4.78 is 24.9. The van der Waals surface area contributed by atoms with Crippen molar-refractivity contribution in [1.82, 2.24) is 5.32 Å². The largest absolute Gasteiger partial charge is 0.496 e. The summed E-state index contributed by atoms with van der Waals surface area (Å²) in [7, 11) is 1.62. The highest BCUT2D eigenvalue weighted by atomic mass is 32.2. The quantitative estimate of drug-likeness (QED) is 0.875. The maximum absolute atomic E-state index is 13.6. The third-order valence-corrected chi connectivity index (χ3v) is 4.37. The first-order valence-corrected chi connectivity index (χ1v) is 8.18. The van der Waals surface area contributed by atoms with Crippen molar-refractivity contribution in [2.75, 3.05) is 31.8 Å². The smallest absolute Gasteiger partial charge is 0.123 e. The molecule has 1 aromatic carbocycles. The van der Waals surface area contributed by atoms with Crippen molar-refractivity contribution in [3.63, 3.8) is 0 Å². The van der Waals surface area contributed by atoms with Gasteiger partial charge in [-0.1, -0.05) is 6.92 Å². The first-order chi connectivity index (χ1) is 9.76. The number of thioether (sulfide) groups is 1. The van der Waals surface area contributed by atoms with Crippen LogP contribution in [0.25, 0.3) is 0 Å². The van der Waals surface area contributed by atoms with Crippen LogP contribution < -0.4 is 10.1 Å². The average Bonchev–Trinajstić information content (AvgIpc) is 2.49. The van der Waals surface area contributed by atoms with Gasteiger partial charge >= 0.3 is 0 Å². The minimum absolute atomic E-state index is 0.0339. The minimum Gasteiger partial charge on any atom is -0.496 e. The maximum Gasteiger partial charge on any atom is 0.123 e. The fourth-order valence-corrected chi connectivity index (χ4v) is 3.29. The summed E-state index contributed by atoms with van der Waals surface area (Å²) in [5.74, 6) is 2.41. The van der Waals surface area contributed by atoms with E-state index in [9.17, 15) is 4.39 Å². The minimum atomic E-state index is -0.243. The van der Waals surface area contributed by atoms with E-state index in [1.165, 1.54) is 6.07 Å². The van der Waals surface area contributed by atoms with Crippen LogP contribution in [0, 0.1) is 5.82 Å². The second-order valence-electron chi connectivity index (χ2n) is 4.80. The average molecular weight is 299 g/mol. The van der Waals surface area contributed by atoms with E-state index in [2.05, 4.69) is 12.2 Å².